The number of hydrogen-bond acceptors (Lipinski definition) is 5. The van der Waals surface area contributed by atoms with Crippen molar-refractivity contribution in [2.45, 2.75) is 297 Å². The van der Waals surface area contributed by atoms with E-state index in [0.29, 0.717) is 19.4 Å². The van der Waals surface area contributed by atoms with Crippen LogP contribution in [0.25, 0.3) is 0 Å². The number of unbranched alkanes of at least 4 members (excludes halogenated alkanes) is 34. The molecule has 0 aromatic rings. The van der Waals surface area contributed by atoms with Crippen LogP contribution in [-0.2, 0) is 23.8 Å². The maximum Gasteiger partial charge on any atom is 0.306 e. The van der Waals surface area contributed by atoms with Gasteiger partial charge in [0.25, 0.3) is 0 Å². The van der Waals surface area contributed by atoms with Gasteiger partial charge in [-0.05, 0) is 77.0 Å². The maximum atomic E-state index is 12.7. The molecule has 0 saturated carbocycles. The molecule has 0 aromatic carbocycles. The molecule has 62 heavy (non-hydrogen) atoms. The lowest BCUT2D eigenvalue weighted by atomic mass is 10.1. The van der Waals surface area contributed by atoms with Gasteiger partial charge in [-0.15, -0.1) is 0 Å². The van der Waals surface area contributed by atoms with Crippen LogP contribution in [0.2, 0.25) is 0 Å². The number of carbonyl (C=O) groups excluding carboxylic acids is 2. The van der Waals surface area contributed by atoms with Gasteiger partial charge in [0, 0.05) is 19.4 Å². The van der Waals surface area contributed by atoms with E-state index in [4.69, 9.17) is 14.2 Å². The zero-order valence-electron chi connectivity index (χ0n) is 41.9. The summed E-state index contributed by atoms with van der Waals surface area (Å²) in [6.07, 6.45) is 64.5. The predicted octanol–water partition coefficient (Wildman–Crippen LogP) is 18.6. The normalized spacial score (nSPS) is 12.4. The number of ether oxygens (including phenoxy) is 3. The molecule has 0 amide bonds. The van der Waals surface area contributed by atoms with Crippen LogP contribution >= 0.6 is 0 Å². The first-order valence-corrected chi connectivity index (χ1v) is 27.5. The van der Waals surface area contributed by atoms with Gasteiger partial charge >= 0.3 is 11.9 Å². The SMILES string of the molecule is CCCCC/C=C\C/C=C\CCCCCCCCCCOCC(COC(=O)CCCCCCCCCCC/C=C\CCCCCCCC)OC(=O)CCCCCCCCCCC. The minimum absolute atomic E-state index is 0.0865. The molecule has 0 radical (unpaired) electrons. The Morgan fingerprint density at radius 3 is 1.11 bits per heavy atom. The molecule has 5 nitrogen and oxygen atoms in total. The molecule has 0 N–H and O–H groups in total. The Labute approximate surface area is 387 Å². The molecule has 0 bridgehead atoms. The van der Waals surface area contributed by atoms with E-state index in [1.165, 1.54) is 212 Å². The van der Waals surface area contributed by atoms with Crippen LogP contribution < -0.4 is 0 Å². The Morgan fingerprint density at radius 2 is 0.677 bits per heavy atom. The molecule has 5 heteroatoms. The predicted molar refractivity (Wildman–Crippen MR) is 270 cm³/mol. The second kappa shape index (κ2) is 53.5. The lowest BCUT2D eigenvalue weighted by Gasteiger charge is -2.18. The molecular weight excluding hydrogens is 765 g/mol. The summed E-state index contributed by atoms with van der Waals surface area (Å²) >= 11 is 0. The summed E-state index contributed by atoms with van der Waals surface area (Å²) in [7, 11) is 0. The van der Waals surface area contributed by atoms with Gasteiger partial charge in [-0.1, -0.05) is 237 Å². The average molecular weight is 871 g/mol. The zero-order valence-corrected chi connectivity index (χ0v) is 41.9. The highest BCUT2D eigenvalue weighted by Gasteiger charge is 2.17. The Balaban J connectivity index is 4.14. The lowest BCUT2D eigenvalue weighted by molar-refractivity contribution is -0.163. The van der Waals surface area contributed by atoms with Crippen LogP contribution in [0.15, 0.2) is 36.5 Å². The monoisotopic (exact) mass is 871 g/mol. The maximum absolute atomic E-state index is 12.7. The first kappa shape index (κ1) is 60.1. The van der Waals surface area contributed by atoms with E-state index in [1.54, 1.807) is 0 Å². The van der Waals surface area contributed by atoms with Gasteiger partial charge < -0.3 is 14.2 Å². The molecule has 1 unspecified atom stereocenters. The van der Waals surface area contributed by atoms with E-state index in [0.717, 1.165) is 44.9 Å². The van der Waals surface area contributed by atoms with Crippen LogP contribution in [0.3, 0.4) is 0 Å². The number of carbonyl (C=O) groups is 2. The van der Waals surface area contributed by atoms with Gasteiger partial charge in [-0.3, -0.25) is 9.59 Å². The highest BCUT2D eigenvalue weighted by Crippen LogP contribution is 2.15. The van der Waals surface area contributed by atoms with Crippen molar-refractivity contribution in [3.05, 3.63) is 36.5 Å². The van der Waals surface area contributed by atoms with Crippen LogP contribution in [0.1, 0.15) is 290 Å². The average Bonchev–Trinajstić information content (AvgIpc) is 3.27. The molecule has 0 spiro atoms. The largest absolute Gasteiger partial charge is 0.462 e. The minimum Gasteiger partial charge on any atom is -0.462 e. The highest BCUT2D eigenvalue weighted by molar-refractivity contribution is 5.70. The minimum atomic E-state index is -0.534. The van der Waals surface area contributed by atoms with E-state index in [-0.39, 0.29) is 25.2 Å². The fraction of sp³-hybridized carbons (Fsp3) is 0.860. The summed E-state index contributed by atoms with van der Waals surface area (Å²) in [6.45, 7) is 7.81. The van der Waals surface area contributed by atoms with Gasteiger partial charge in [-0.25, -0.2) is 0 Å². The summed E-state index contributed by atoms with van der Waals surface area (Å²) in [5.41, 5.74) is 0. The van der Waals surface area contributed by atoms with E-state index in [2.05, 4.69) is 57.2 Å². The van der Waals surface area contributed by atoms with Crippen molar-refractivity contribution in [2.75, 3.05) is 19.8 Å². The standard InChI is InChI=1S/C57H106O5/c1-4-7-10-13-16-19-21-23-25-27-29-30-32-34-36-39-41-44-47-50-56(58)61-54-55(62-57(59)51-48-45-42-38-18-15-12-9-6-3)53-60-52-49-46-43-40-37-35-33-31-28-26-24-22-20-17-14-11-8-5-2/h17,20,23-26,55H,4-16,18-19,21-22,27-54H2,1-3H3/b20-17-,25-23-,26-24-. The molecule has 0 aliphatic heterocycles. The number of rotatable bonds is 51. The fourth-order valence-electron chi connectivity index (χ4n) is 8.01. The first-order valence-electron chi connectivity index (χ1n) is 27.5. The lowest BCUT2D eigenvalue weighted by Crippen LogP contribution is -2.30. The van der Waals surface area contributed by atoms with Crippen LogP contribution in [0.5, 0.6) is 0 Å². The molecule has 0 fully saturated rings. The van der Waals surface area contributed by atoms with Crippen molar-refractivity contribution in [1.29, 1.82) is 0 Å². The van der Waals surface area contributed by atoms with E-state index < -0.39 is 6.10 Å². The van der Waals surface area contributed by atoms with Gasteiger partial charge in [0.1, 0.15) is 6.61 Å². The molecular formula is C57H106O5. The number of esters is 2. The van der Waals surface area contributed by atoms with Gasteiger partial charge in [0.15, 0.2) is 6.10 Å². The Hall–Kier alpha value is -1.88. The molecule has 0 saturated heterocycles. The second-order valence-corrected chi connectivity index (χ2v) is 18.5. The Bertz CT molecular complexity index is 986. The summed E-state index contributed by atoms with van der Waals surface area (Å²) in [4.78, 5) is 25.4. The number of allylic oxidation sites excluding steroid dienone is 6. The van der Waals surface area contributed by atoms with Gasteiger partial charge in [0.05, 0.1) is 6.61 Å². The topological polar surface area (TPSA) is 61.8 Å². The van der Waals surface area contributed by atoms with Crippen molar-refractivity contribution in [3.63, 3.8) is 0 Å². The smallest absolute Gasteiger partial charge is 0.306 e. The van der Waals surface area contributed by atoms with Crippen LogP contribution in [-0.4, -0.2) is 37.9 Å². The highest BCUT2D eigenvalue weighted by atomic mass is 16.6. The van der Waals surface area contributed by atoms with Gasteiger partial charge in [-0.2, -0.15) is 0 Å². The van der Waals surface area contributed by atoms with Crippen molar-refractivity contribution in [3.8, 4) is 0 Å². The number of hydrogen-bond donors (Lipinski definition) is 0. The quantitative estimate of drug-likeness (QED) is 0.0346. The summed E-state index contributed by atoms with van der Waals surface area (Å²) < 4.78 is 17.4. The Morgan fingerprint density at radius 1 is 0.355 bits per heavy atom. The second-order valence-electron chi connectivity index (χ2n) is 18.5. The molecule has 0 aliphatic rings. The van der Waals surface area contributed by atoms with Crippen LogP contribution in [0, 0.1) is 0 Å². The summed E-state index contributed by atoms with van der Waals surface area (Å²) in [5, 5.41) is 0. The van der Waals surface area contributed by atoms with Crippen molar-refractivity contribution in [1.82, 2.24) is 0 Å². The van der Waals surface area contributed by atoms with Crippen molar-refractivity contribution >= 4 is 11.9 Å². The van der Waals surface area contributed by atoms with Crippen LogP contribution in [0.4, 0.5) is 0 Å². The van der Waals surface area contributed by atoms with Crippen molar-refractivity contribution < 1.29 is 23.8 Å². The summed E-state index contributed by atoms with van der Waals surface area (Å²) in [5.74, 6) is -0.391. The molecule has 0 heterocycles. The summed E-state index contributed by atoms with van der Waals surface area (Å²) in [6, 6.07) is 0. The Kier molecular flexibility index (Phi) is 51.8. The fourth-order valence-corrected chi connectivity index (χ4v) is 8.01. The molecule has 0 rings (SSSR count). The van der Waals surface area contributed by atoms with E-state index in [9.17, 15) is 9.59 Å². The van der Waals surface area contributed by atoms with E-state index >= 15 is 0 Å². The van der Waals surface area contributed by atoms with E-state index in [1.807, 2.05) is 0 Å². The van der Waals surface area contributed by atoms with Crippen molar-refractivity contribution in [2.24, 2.45) is 0 Å². The first-order chi connectivity index (χ1) is 30.6. The zero-order chi connectivity index (χ0) is 44.9. The molecule has 0 aliphatic carbocycles. The molecule has 1 atom stereocenters. The third-order valence-corrected chi connectivity index (χ3v) is 12.1. The third-order valence-electron chi connectivity index (χ3n) is 12.1. The molecule has 0 aromatic heterocycles. The van der Waals surface area contributed by atoms with Gasteiger partial charge in [0.2, 0.25) is 0 Å². The molecule has 364 valence electrons. The third kappa shape index (κ3) is 50.8.